The Morgan fingerprint density at radius 2 is 1.51 bits per heavy atom. The lowest BCUT2D eigenvalue weighted by Crippen LogP contribution is -2.56. The Morgan fingerprint density at radius 3 is 2.07 bits per heavy atom. The van der Waals surface area contributed by atoms with Crippen molar-refractivity contribution in [1.82, 2.24) is 16.0 Å². The molecule has 1 aromatic carbocycles. The molecule has 1 aliphatic heterocycles. The van der Waals surface area contributed by atoms with Gasteiger partial charge in [0.25, 0.3) is 0 Å². The molecule has 10 nitrogen and oxygen atoms in total. The van der Waals surface area contributed by atoms with Crippen LogP contribution in [0.3, 0.4) is 0 Å². The van der Waals surface area contributed by atoms with Crippen molar-refractivity contribution in [2.24, 2.45) is 5.92 Å². The molecule has 41 heavy (non-hydrogen) atoms. The monoisotopic (exact) mass is 574 g/mol. The van der Waals surface area contributed by atoms with E-state index in [1.807, 2.05) is 20.8 Å². The summed E-state index contributed by atoms with van der Waals surface area (Å²) in [6, 6.07) is 4.85. The molecule has 3 amide bonds. The van der Waals surface area contributed by atoms with Crippen molar-refractivity contribution in [3.63, 3.8) is 0 Å². The van der Waals surface area contributed by atoms with E-state index in [4.69, 9.17) is 9.84 Å². The van der Waals surface area contributed by atoms with Crippen LogP contribution < -0.4 is 21.3 Å². The highest BCUT2D eigenvalue weighted by atomic mass is 16.6. The molecule has 1 fully saturated rings. The maximum atomic E-state index is 13.6. The fraction of sp³-hybridized carbons (Fsp3) is 0.677. The largest absolute Gasteiger partial charge is 0.465 e. The average Bonchev–Trinajstić information content (AvgIpc) is 3.67. The molecule has 0 spiro atoms. The number of anilines is 1. The molecule has 1 aliphatic rings. The Kier molecular flexibility index (Phi) is 14.3. The highest BCUT2D eigenvalue weighted by Crippen LogP contribution is 2.29. The van der Waals surface area contributed by atoms with Crippen LogP contribution in [0.1, 0.15) is 91.5 Å². The van der Waals surface area contributed by atoms with Gasteiger partial charge in [-0.3, -0.25) is 19.7 Å². The number of hydrogen-bond donors (Lipinski definition) is 5. The summed E-state index contributed by atoms with van der Waals surface area (Å²) in [6.07, 6.45) is 6.01. The second-order valence-corrected chi connectivity index (χ2v) is 11.7. The van der Waals surface area contributed by atoms with Crippen LogP contribution in [0.15, 0.2) is 24.3 Å². The van der Waals surface area contributed by atoms with Gasteiger partial charge in [0, 0.05) is 5.69 Å². The lowest BCUT2D eigenvalue weighted by atomic mass is 9.93. The van der Waals surface area contributed by atoms with Crippen molar-refractivity contribution < 1.29 is 29.0 Å². The summed E-state index contributed by atoms with van der Waals surface area (Å²) < 4.78 is 5.36. The number of ether oxygens (including phenoxy) is 1. The summed E-state index contributed by atoms with van der Waals surface area (Å²) in [5.74, 6) is -0.587. The summed E-state index contributed by atoms with van der Waals surface area (Å²) in [7, 11) is 0. The molecule has 0 saturated carbocycles. The molecule has 1 aromatic rings. The third kappa shape index (κ3) is 12.2. The lowest BCUT2D eigenvalue weighted by Gasteiger charge is -2.26. The highest BCUT2D eigenvalue weighted by Gasteiger charge is 2.50. The fourth-order valence-electron chi connectivity index (χ4n) is 4.71. The molecule has 10 heteroatoms. The van der Waals surface area contributed by atoms with Crippen LogP contribution in [-0.4, -0.2) is 65.7 Å². The van der Waals surface area contributed by atoms with Gasteiger partial charge in [-0.2, -0.15) is 0 Å². The van der Waals surface area contributed by atoms with E-state index in [2.05, 4.69) is 28.2 Å². The van der Waals surface area contributed by atoms with Gasteiger partial charge in [0.05, 0.1) is 18.7 Å². The summed E-state index contributed by atoms with van der Waals surface area (Å²) >= 11 is 0. The van der Waals surface area contributed by atoms with E-state index in [0.29, 0.717) is 38.1 Å². The first-order valence-corrected chi connectivity index (χ1v) is 15.1. The molecule has 5 N–H and O–H groups in total. The van der Waals surface area contributed by atoms with Crippen LogP contribution in [0.25, 0.3) is 0 Å². The van der Waals surface area contributed by atoms with Gasteiger partial charge in [-0.1, -0.05) is 71.9 Å². The summed E-state index contributed by atoms with van der Waals surface area (Å²) in [5, 5.41) is 20.5. The molecule has 0 radical (unpaired) electrons. The number of rotatable bonds is 20. The van der Waals surface area contributed by atoms with Crippen molar-refractivity contribution in [2.45, 2.75) is 116 Å². The van der Waals surface area contributed by atoms with E-state index in [1.54, 1.807) is 31.2 Å². The molecule has 4 atom stereocenters. The first kappa shape index (κ1) is 34.2. The number of carboxylic acid groups (broad SMARTS) is 1. The van der Waals surface area contributed by atoms with Gasteiger partial charge >= 0.3 is 6.09 Å². The zero-order valence-corrected chi connectivity index (χ0v) is 25.4. The average molecular weight is 575 g/mol. The van der Waals surface area contributed by atoms with Crippen LogP contribution in [0.2, 0.25) is 0 Å². The smallest absolute Gasteiger partial charge is 0.409 e. The lowest BCUT2D eigenvalue weighted by molar-refractivity contribution is -0.133. The molecular formula is C31H50N4O6. The van der Waals surface area contributed by atoms with E-state index in [1.165, 1.54) is 0 Å². The van der Waals surface area contributed by atoms with Crippen LogP contribution in [0.5, 0.6) is 0 Å². The number of unbranched alkanes of at least 4 members (excludes halogenated alkanes) is 4. The maximum Gasteiger partial charge on any atom is 0.409 e. The highest BCUT2D eigenvalue weighted by molar-refractivity contribution is 5.98. The second-order valence-electron chi connectivity index (χ2n) is 11.7. The SMILES string of the molecule is CCCCCCN[C@@H](Cc1ccc(NC(=O)O)cc1)C(=O)N[C@@H](CCCC)C(=O)N[C@@H](CC(C)C)C(=O)[C@@]1(C)CO1. The van der Waals surface area contributed by atoms with Crippen LogP contribution in [0, 0.1) is 5.92 Å². The van der Waals surface area contributed by atoms with Gasteiger partial charge in [0.1, 0.15) is 11.6 Å². The van der Waals surface area contributed by atoms with Gasteiger partial charge in [0.2, 0.25) is 11.8 Å². The molecule has 230 valence electrons. The Bertz CT molecular complexity index is 993. The molecule has 2 rings (SSSR count). The predicted octanol–water partition coefficient (Wildman–Crippen LogP) is 4.42. The number of epoxide rings is 1. The van der Waals surface area contributed by atoms with Gasteiger partial charge in [-0.05, 0) is 62.8 Å². The Balaban J connectivity index is 2.16. The number of hydrogen-bond acceptors (Lipinski definition) is 6. The molecular weight excluding hydrogens is 524 g/mol. The van der Waals surface area contributed by atoms with Gasteiger partial charge in [-0.15, -0.1) is 0 Å². The Morgan fingerprint density at radius 1 is 0.902 bits per heavy atom. The predicted molar refractivity (Wildman–Crippen MR) is 160 cm³/mol. The Labute approximate surface area is 244 Å². The number of carbonyl (C=O) groups excluding carboxylic acids is 3. The topological polar surface area (TPSA) is 149 Å². The molecule has 0 bridgehead atoms. The summed E-state index contributed by atoms with van der Waals surface area (Å²) in [4.78, 5) is 51.1. The number of amides is 3. The molecule has 1 heterocycles. The second kappa shape index (κ2) is 17.1. The van der Waals surface area contributed by atoms with Gasteiger partial charge in [0.15, 0.2) is 5.78 Å². The molecule has 1 saturated heterocycles. The minimum absolute atomic E-state index is 0.132. The third-order valence-electron chi connectivity index (χ3n) is 7.30. The third-order valence-corrected chi connectivity index (χ3v) is 7.30. The zero-order chi connectivity index (χ0) is 30.4. The minimum atomic E-state index is -1.14. The van der Waals surface area contributed by atoms with Gasteiger partial charge in [-0.25, -0.2) is 4.79 Å². The first-order valence-electron chi connectivity index (χ1n) is 15.1. The normalized spacial score (nSPS) is 18.3. The minimum Gasteiger partial charge on any atom is -0.465 e. The van der Waals surface area contributed by atoms with Crippen LogP contribution >= 0.6 is 0 Å². The van der Waals surface area contributed by atoms with E-state index in [-0.39, 0.29) is 23.5 Å². The Hall–Kier alpha value is -2.98. The zero-order valence-electron chi connectivity index (χ0n) is 25.4. The number of nitrogens with one attached hydrogen (secondary N) is 4. The summed E-state index contributed by atoms with van der Waals surface area (Å²) in [5.41, 5.74) is 0.455. The van der Waals surface area contributed by atoms with E-state index in [9.17, 15) is 19.2 Å². The van der Waals surface area contributed by atoms with Crippen LogP contribution in [-0.2, 0) is 25.5 Å². The fourth-order valence-corrected chi connectivity index (χ4v) is 4.71. The molecule has 0 aromatic heterocycles. The number of benzene rings is 1. The van der Waals surface area contributed by atoms with Crippen molar-refractivity contribution in [2.75, 3.05) is 18.5 Å². The molecule has 0 aliphatic carbocycles. The maximum absolute atomic E-state index is 13.6. The standard InChI is InChI=1S/C31H50N4O6/c1-6-8-10-11-17-32-26(19-22-13-15-23(16-14-22)33-30(39)40)29(38)34-24(12-9-7-2)28(37)35-25(18-21(3)4)27(36)31(5)20-41-31/h13-16,21,24-26,32-33H,6-12,17-20H2,1-5H3,(H,34,38)(H,35,37)(H,39,40)/t24-,25-,26-,31+/m0/s1. The van der Waals surface area contributed by atoms with E-state index in [0.717, 1.165) is 44.1 Å². The number of carbonyl (C=O) groups is 4. The number of Topliss-reactive ketones (excluding diaryl/α,β-unsaturated/α-hetero) is 1. The van der Waals surface area contributed by atoms with E-state index < -0.39 is 29.8 Å². The molecule has 0 unspecified atom stereocenters. The van der Waals surface area contributed by atoms with Crippen molar-refractivity contribution in [3.8, 4) is 0 Å². The van der Waals surface area contributed by atoms with Crippen molar-refractivity contribution in [3.05, 3.63) is 29.8 Å². The van der Waals surface area contributed by atoms with Crippen molar-refractivity contribution >= 4 is 29.4 Å². The quantitative estimate of drug-likeness (QED) is 0.114. The number of ketones is 1. The first-order chi connectivity index (χ1) is 19.5. The van der Waals surface area contributed by atoms with Crippen LogP contribution in [0.4, 0.5) is 10.5 Å². The summed E-state index contributed by atoms with van der Waals surface area (Å²) in [6.45, 7) is 10.9. The van der Waals surface area contributed by atoms with Crippen molar-refractivity contribution in [1.29, 1.82) is 0 Å². The van der Waals surface area contributed by atoms with E-state index >= 15 is 0 Å². The van der Waals surface area contributed by atoms with Gasteiger partial charge < -0.3 is 25.8 Å².